The zero-order chi connectivity index (χ0) is 13.7. The number of ketones is 1. The van der Waals surface area contributed by atoms with Crippen LogP contribution in [-0.4, -0.2) is 28.8 Å². The third kappa shape index (κ3) is 3.16. The van der Waals surface area contributed by atoms with Crippen LogP contribution in [0, 0.1) is 5.41 Å². The van der Waals surface area contributed by atoms with Crippen molar-refractivity contribution in [1.29, 1.82) is 5.41 Å². The molecule has 0 radical (unpaired) electrons. The SMILES string of the molecule is CCC(C)OC(=O)C1=CC(=O)C(=N)C=C=C1NO. The van der Waals surface area contributed by atoms with E-state index >= 15 is 0 Å². The van der Waals surface area contributed by atoms with Crippen LogP contribution in [0.2, 0.25) is 0 Å². The summed E-state index contributed by atoms with van der Waals surface area (Å²) in [4.78, 5) is 23.2. The molecule has 96 valence electrons. The van der Waals surface area contributed by atoms with Gasteiger partial charge >= 0.3 is 5.97 Å². The zero-order valence-corrected chi connectivity index (χ0v) is 10.1. The molecule has 0 fully saturated rings. The number of nitrogens with one attached hydrogen (secondary N) is 2. The van der Waals surface area contributed by atoms with E-state index in [-0.39, 0.29) is 23.1 Å². The molecule has 0 saturated heterocycles. The Morgan fingerprint density at radius 3 is 2.89 bits per heavy atom. The summed E-state index contributed by atoms with van der Waals surface area (Å²) >= 11 is 0. The third-order valence-corrected chi connectivity index (χ3v) is 2.39. The minimum atomic E-state index is -0.746. The highest BCUT2D eigenvalue weighted by molar-refractivity contribution is 6.47. The Hall–Kier alpha value is -2.17. The topological polar surface area (TPSA) is 99.5 Å². The molecular formula is C12H14N2O4. The summed E-state index contributed by atoms with van der Waals surface area (Å²) in [6.07, 6.45) is 2.34. The lowest BCUT2D eigenvalue weighted by molar-refractivity contribution is -0.143. The molecule has 1 aliphatic carbocycles. The Morgan fingerprint density at radius 2 is 2.33 bits per heavy atom. The van der Waals surface area contributed by atoms with Gasteiger partial charge in [-0.15, -0.1) is 0 Å². The van der Waals surface area contributed by atoms with Crippen molar-refractivity contribution >= 4 is 17.5 Å². The lowest BCUT2D eigenvalue weighted by Crippen LogP contribution is -2.21. The van der Waals surface area contributed by atoms with Gasteiger partial charge in [-0.25, -0.2) is 4.79 Å². The fourth-order valence-electron chi connectivity index (χ4n) is 1.16. The number of hydrogen-bond acceptors (Lipinski definition) is 6. The van der Waals surface area contributed by atoms with Crippen LogP contribution in [0.4, 0.5) is 0 Å². The quantitative estimate of drug-likeness (QED) is 0.390. The number of hydroxylamine groups is 1. The molecule has 0 aromatic heterocycles. The van der Waals surface area contributed by atoms with Gasteiger partial charge in [0.2, 0.25) is 5.78 Å². The predicted molar refractivity (Wildman–Crippen MR) is 63.2 cm³/mol. The summed E-state index contributed by atoms with van der Waals surface area (Å²) in [6, 6.07) is 0. The fraction of sp³-hybridized carbons (Fsp3) is 0.333. The summed E-state index contributed by atoms with van der Waals surface area (Å²) in [5, 5.41) is 16.2. The molecular weight excluding hydrogens is 236 g/mol. The molecule has 0 aromatic carbocycles. The number of hydrogen-bond donors (Lipinski definition) is 3. The minimum Gasteiger partial charge on any atom is -0.459 e. The zero-order valence-electron chi connectivity index (χ0n) is 10.1. The lowest BCUT2D eigenvalue weighted by Gasteiger charge is -2.13. The van der Waals surface area contributed by atoms with Crippen LogP contribution in [0.3, 0.4) is 0 Å². The molecule has 6 heteroatoms. The first-order valence-corrected chi connectivity index (χ1v) is 5.42. The maximum absolute atomic E-state index is 11.8. The average Bonchev–Trinajstić information content (AvgIpc) is 2.49. The van der Waals surface area contributed by atoms with Crippen molar-refractivity contribution in [2.24, 2.45) is 0 Å². The highest BCUT2D eigenvalue weighted by Crippen LogP contribution is 2.13. The van der Waals surface area contributed by atoms with Crippen LogP contribution in [0.15, 0.2) is 29.2 Å². The molecule has 6 nitrogen and oxygen atoms in total. The van der Waals surface area contributed by atoms with Gasteiger partial charge in [-0.3, -0.25) is 20.9 Å². The van der Waals surface area contributed by atoms with Gasteiger partial charge in [0.1, 0.15) is 11.4 Å². The number of allylic oxidation sites excluding steroid dienone is 1. The largest absolute Gasteiger partial charge is 0.459 e. The summed E-state index contributed by atoms with van der Waals surface area (Å²) in [5.74, 6) is -1.39. The van der Waals surface area contributed by atoms with Crippen LogP contribution >= 0.6 is 0 Å². The molecule has 1 unspecified atom stereocenters. The summed E-state index contributed by atoms with van der Waals surface area (Å²) in [5.41, 5.74) is 3.64. The molecule has 0 heterocycles. The van der Waals surface area contributed by atoms with Crippen molar-refractivity contribution in [3.8, 4) is 0 Å². The normalized spacial score (nSPS) is 16.6. The first kappa shape index (κ1) is 13.9. The molecule has 0 amide bonds. The van der Waals surface area contributed by atoms with Gasteiger partial charge in [-0.1, -0.05) is 12.7 Å². The van der Waals surface area contributed by atoms with Crippen molar-refractivity contribution in [1.82, 2.24) is 5.48 Å². The van der Waals surface area contributed by atoms with Crippen molar-refractivity contribution in [3.63, 3.8) is 0 Å². The highest BCUT2D eigenvalue weighted by Gasteiger charge is 2.22. The van der Waals surface area contributed by atoms with Gasteiger partial charge in [0.05, 0.1) is 11.7 Å². The molecule has 1 rings (SSSR count). The van der Waals surface area contributed by atoms with Gasteiger partial charge in [-0.05, 0) is 13.3 Å². The van der Waals surface area contributed by atoms with Gasteiger partial charge in [-0.2, -0.15) is 0 Å². The molecule has 1 atom stereocenters. The molecule has 0 saturated carbocycles. The van der Waals surface area contributed by atoms with E-state index in [2.05, 4.69) is 5.73 Å². The van der Waals surface area contributed by atoms with Crippen LogP contribution in [-0.2, 0) is 14.3 Å². The monoisotopic (exact) mass is 250 g/mol. The molecule has 0 aliphatic heterocycles. The maximum Gasteiger partial charge on any atom is 0.341 e. The third-order valence-electron chi connectivity index (χ3n) is 2.39. The van der Waals surface area contributed by atoms with Crippen LogP contribution < -0.4 is 5.48 Å². The summed E-state index contributed by atoms with van der Waals surface area (Å²) in [6.45, 7) is 3.56. The smallest absolute Gasteiger partial charge is 0.341 e. The Labute approximate surface area is 104 Å². The van der Waals surface area contributed by atoms with E-state index in [0.717, 1.165) is 12.2 Å². The summed E-state index contributed by atoms with van der Waals surface area (Å²) in [7, 11) is 0. The van der Waals surface area contributed by atoms with E-state index in [4.69, 9.17) is 15.4 Å². The predicted octanol–water partition coefficient (Wildman–Crippen LogP) is 0.875. The number of ether oxygens (including phenoxy) is 1. The van der Waals surface area contributed by atoms with Crippen molar-refractivity contribution in [3.05, 3.63) is 29.2 Å². The van der Waals surface area contributed by atoms with Crippen LogP contribution in [0.1, 0.15) is 20.3 Å². The highest BCUT2D eigenvalue weighted by atomic mass is 16.5. The Balaban J connectivity index is 3.08. The molecule has 3 N–H and O–H groups in total. The van der Waals surface area contributed by atoms with E-state index in [9.17, 15) is 9.59 Å². The second-order valence-electron chi connectivity index (χ2n) is 3.74. The lowest BCUT2D eigenvalue weighted by atomic mass is 10.1. The van der Waals surface area contributed by atoms with Crippen molar-refractivity contribution < 1.29 is 19.5 Å². The Morgan fingerprint density at radius 1 is 1.67 bits per heavy atom. The molecule has 0 bridgehead atoms. The van der Waals surface area contributed by atoms with E-state index in [1.54, 1.807) is 12.4 Å². The second-order valence-corrected chi connectivity index (χ2v) is 3.74. The molecule has 18 heavy (non-hydrogen) atoms. The number of carbonyl (C=O) groups excluding carboxylic acids is 2. The Kier molecular flexibility index (Phi) is 4.59. The maximum atomic E-state index is 11.8. The van der Waals surface area contributed by atoms with Crippen molar-refractivity contribution in [2.75, 3.05) is 0 Å². The Bertz CT molecular complexity index is 484. The van der Waals surface area contributed by atoms with Gasteiger partial charge in [0, 0.05) is 12.2 Å². The minimum absolute atomic E-state index is 0.0982. The standard InChI is InChI=1S/C12H14N2O4/c1-3-7(2)18-12(16)8-6-11(15)9(13)4-5-10(8)14-17/h4,6-7,13-14,17H,3H2,1-2H3. The van der Waals surface area contributed by atoms with Crippen LogP contribution in [0.25, 0.3) is 0 Å². The van der Waals surface area contributed by atoms with E-state index in [0.29, 0.717) is 6.42 Å². The molecule has 0 aromatic rings. The van der Waals surface area contributed by atoms with Gasteiger partial charge in [0.15, 0.2) is 0 Å². The molecule has 0 spiro atoms. The van der Waals surface area contributed by atoms with Crippen LogP contribution in [0.5, 0.6) is 0 Å². The number of rotatable bonds is 4. The first-order valence-electron chi connectivity index (χ1n) is 5.42. The number of esters is 1. The van der Waals surface area contributed by atoms with Crippen molar-refractivity contribution in [2.45, 2.75) is 26.4 Å². The number of carbonyl (C=O) groups is 2. The van der Waals surface area contributed by atoms with Gasteiger partial charge < -0.3 is 4.74 Å². The van der Waals surface area contributed by atoms with E-state index < -0.39 is 11.8 Å². The van der Waals surface area contributed by atoms with E-state index in [1.807, 2.05) is 6.92 Å². The fourth-order valence-corrected chi connectivity index (χ4v) is 1.16. The first-order chi connectivity index (χ1) is 8.49. The second kappa shape index (κ2) is 5.95. The van der Waals surface area contributed by atoms with Gasteiger partial charge in [0.25, 0.3) is 0 Å². The summed E-state index contributed by atoms with van der Waals surface area (Å²) < 4.78 is 5.05. The molecule has 1 aliphatic rings. The van der Waals surface area contributed by atoms with E-state index in [1.165, 1.54) is 0 Å². The average molecular weight is 250 g/mol.